The van der Waals surface area contributed by atoms with Crippen molar-refractivity contribution in [2.45, 2.75) is 53.0 Å². The van der Waals surface area contributed by atoms with E-state index in [-0.39, 0.29) is 5.91 Å². The van der Waals surface area contributed by atoms with E-state index in [9.17, 15) is 4.79 Å². The molecule has 1 aromatic heterocycles. The second-order valence-corrected chi connectivity index (χ2v) is 5.05. The van der Waals surface area contributed by atoms with Crippen molar-refractivity contribution in [3.05, 3.63) is 17.8 Å². The molecule has 0 spiro atoms. The number of nitrogens with one attached hydrogen (secondary N) is 1. The number of rotatable bonds is 8. The fourth-order valence-corrected chi connectivity index (χ4v) is 1.89. The zero-order chi connectivity index (χ0) is 15.0. The van der Waals surface area contributed by atoms with Crippen LogP contribution in [-0.4, -0.2) is 40.1 Å². The lowest BCUT2D eigenvalue weighted by Crippen LogP contribution is -2.33. The van der Waals surface area contributed by atoms with Crippen LogP contribution >= 0.6 is 0 Å². The number of amides is 1. The Morgan fingerprint density at radius 3 is 2.30 bits per heavy atom. The minimum Gasteiger partial charge on any atom is -0.366 e. The van der Waals surface area contributed by atoms with Crippen molar-refractivity contribution in [2.75, 3.05) is 18.4 Å². The van der Waals surface area contributed by atoms with Crippen LogP contribution in [0.15, 0.2) is 12.1 Å². The summed E-state index contributed by atoms with van der Waals surface area (Å²) in [6, 6.07) is 3.92. The molecule has 0 aliphatic heterocycles. The van der Waals surface area contributed by atoms with Crippen molar-refractivity contribution in [3.8, 4) is 0 Å². The van der Waals surface area contributed by atoms with Gasteiger partial charge in [-0.2, -0.15) is 0 Å². The van der Waals surface area contributed by atoms with E-state index in [2.05, 4.69) is 43.2 Å². The predicted molar refractivity (Wildman–Crippen MR) is 81.9 cm³/mol. The van der Waals surface area contributed by atoms with Crippen molar-refractivity contribution in [3.63, 3.8) is 0 Å². The van der Waals surface area contributed by atoms with Gasteiger partial charge in [-0.15, -0.1) is 10.2 Å². The fraction of sp³-hybridized carbons (Fsp3) is 0.667. The van der Waals surface area contributed by atoms with Crippen molar-refractivity contribution in [1.82, 2.24) is 15.1 Å². The Morgan fingerprint density at radius 1 is 1.20 bits per heavy atom. The molecule has 1 aromatic rings. The van der Waals surface area contributed by atoms with Crippen molar-refractivity contribution in [2.24, 2.45) is 0 Å². The summed E-state index contributed by atoms with van der Waals surface area (Å²) >= 11 is 0. The Morgan fingerprint density at radius 2 is 1.85 bits per heavy atom. The lowest BCUT2D eigenvalue weighted by Gasteiger charge is -2.20. The van der Waals surface area contributed by atoms with Crippen LogP contribution < -0.4 is 5.32 Å². The average molecular weight is 278 g/mol. The minimum absolute atomic E-state index is 0.0312. The third-order valence-corrected chi connectivity index (χ3v) is 3.16. The molecule has 0 bridgehead atoms. The molecule has 0 radical (unpaired) electrons. The van der Waals surface area contributed by atoms with Gasteiger partial charge in [-0.05, 0) is 38.3 Å². The van der Waals surface area contributed by atoms with Gasteiger partial charge in [-0.1, -0.05) is 20.8 Å². The highest BCUT2D eigenvalue weighted by atomic mass is 16.2. The van der Waals surface area contributed by atoms with E-state index in [0.29, 0.717) is 17.6 Å². The molecule has 5 nitrogen and oxygen atoms in total. The number of carbonyl (C=O) groups is 1. The zero-order valence-corrected chi connectivity index (χ0v) is 13.0. The molecule has 20 heavy (non-hydrogen) atoms. The van der Waals surface area contributed by atoms with Gasteiger partial charge in [-0.3, -0.25) is 4.79 Å². The van der Waals surface area contributed by atoms with E-state index in [1.807, 2.05) is 11.0 Å². The Labute approximate surface area is 121 Å². The van der Waals surface area contributed by atoms with Crippen molar-refractivity contribution < 1.29 is 4.79 Å². The first-order chi connectivity index (χ1) is 9.62. The molecule has 112 valence electrons. The van der Waals surface area contributed by atoms with Gasteiger partial charge in [0.1, 0.15) is 5.82 Å². The second-order valence-electron chi connectivity index (χ2n) is 5.05. The van der Waals surface area contributed by atoms with Gasteiger partial charge in [0, 0.05) is 19.1 Å². The quantitative estimate of drug-likeness (QED) is 0.794. The standard InChI is InChI=1S/C15H26N4O/c1-5-10-19(11-6-2)15(20)13-8-9-14(18-17-13)16-12(4)7-3/h8-9,12H,5-7,10-11H2,1-4H3,(H,16,18). The molecule has 1 N–H and O–H groups in total. The number of anilines is 1. The molecule has 1 atom stereocenters. The summed E-state index contributed by atoms with van der Waals surface area (Å²) in [5, 5.41) is 11.4. The van der Waals surface area contributed by atoms with Gasteiger partial charge in [0.15, 0.2) is 5.69 Å². The van der Waals surface area contributed by atoms with Crippen LogP contribution in [0.2, 0.25) is 0 Å². The minimum atomic E-state index is -0.0312. The van der Waals surface area contributed by atoms with Crippen LogP contribution in [0.1, 0.15) is 57.4 Å². The van der Waals surface area contributed by atoms with Crippen LogP contribution in [-0.2, 0) is 0 Å². The van der Waals surface area contributed by atoms with E-state index in [1.165, 1.54) is 0 Å². The number of hydrogen-bond donors (Lipinski definition) is 1. The zero-order valence-electron chi connectivity index (χ0n) is 13.0. The molecule has 0 aliphatic rings. The Hall–Kier alpha value is -1.65. The number of hydrogen-bond acceptors (Lipinski definition) is 4. The number of nitrogens with zero attached hydrogens (tertiary/aromatic N) is 3. The maximum Gasteiger partial charge on any atom is 0.274 e. The molecule has 1 heterocycles. The molecule has 0 aliphatic carbocycles. The highest BCUT2D eigenvalue weighted by Crippen LogP contribution is 2.08. The maximum atomic E-state index is 12.3. The van der Waals surface area contributed by atoms with E-state index < -0.39 is 0 Å². The summed E-state index contributed by atoms with van der Waals surface area (Å²) in [6.07, 6.45) is 2.92. The topological polar surface area (TPSA) is 58.1 Å². The third-order valence-electron chi connectivity index (χ3n) is 3.16. The highest BCUT2D eigenvalue weighted by Gasteiger charge is 2.16. The predicted octanol–water partition coefficient (Wildman–Crippen LogP) is 2.95. The van der Waals surface area contributed by atoms with E-state index in [0.717, 1.165) is 32.4 Å². The summed E-state index contributed by atoms with van der Waals surface area (Å²) in [5.74, 6) is 0.685. The normalized spacial score (nSPS) is 12.0. The first-order valence-electron chi connectivity index (χ1n) is 7.51. The monoisotopic (exact) mass is 278 g/mol. The lowest BCUT2D eigenvalue weighted by molar-refractivity contribution is 0.0748. The number of carbonyl (C=O) groups excluding carboxylic acids is 1. The Bertz CT molecular complexity index is 399. The smallest absolute Gasteiger partial charge is 0.274 e. The van der Waals surface area contributed by atoms with Crippen molar-refractivity contribution >= 4 is 11.7 Å². The van der Waals surface area contributed by atoms with Crippen LogP contribution in [0.4, 0.5) is 5.82 Å². The SMILES string of the molecule is CCCN(CCC)C(=O)c1ccc(NC(C)CC)nn1. The lowest BCUT2D eigenvalue weighted by atomic mass is 10.2. The van der Waals surface area contributed by atoms with Crippen molar-refractivity contribution in [1.29, 1.82) is 0 Å². The molecule has 0 saturated carbocycles. The van der Waals surface area contributed by atoms with Gasteiger partial charge in [-0.25, -0.2) is 0 Å². The van der Waals surface area contributed by atoms with Crippen LogP contribution in [0, 0.1) is 0 Å². The number of aromatic nitrogens is 2. The molecule has 5 heteroatoms. The van der Waals surface area contributed by atoms with Crippen LogP contribution in [0.5, 0.6) is 0 Å². The van der Waals surface area contributed by atoms with E-state index in [4.69, 9.17) is 0 Å². The van der Waals surface area contributed by atoms with Crippen LogP contribution in [0.25, 0.3) is 0 Å². The Balaban J connectivity index is 2.73. The Kier molecular flexibility index (Phi) is 6.98. The van der Waals surface area contributed by atoms with Gasteiger partial charge < -0.3 is 10.2 Å². The van der Waals surface area contributed by atoms with Crippen LogP contribution in [0.3, 0.4) is 0 Å². The molecule has 1 amide bonds. The summed E-state index contributed by atoms with van der Waals surface area (Å²) in [7, 11) is 0. The maximum absolute atomic E-state index is 12.3. The third kappa shape index (κ3) is 4.79. The van der Waals surface area contributed by atoms with Gasteiger partial charge in [0.2, 0.25) is 0 Å². The molecular weight excluding hydrogens is 252 g/mol. The van der Waals surface area contributed by atoms with E-state index in [1.54, 1.807) is 6.07 Å². The molecule has 1 rings (SSSR count). The largest absolute Gasteiger partial charge is 0.366 e. The molecule has 0 aromatic carbocycles. The molecule has 1 unspecified atom stereocenters. The fourth-order valence-electron chi connectivity index (χ4n) is 1.89. The molecular formula is C15H26N4O. The summed E-state index contributed by atoms with van der Waals surface area (Å²) < 4.78 is 0. The summed E-state index contributed by atoms with van der Waals surface area (Å²) in [5.41, 5.74) is 0.418. The van der Waals surface area contributed by atoms with Gasteiger partial charge >= 0.3 is 0 Å². The first kappa shape index (κ1) is 16.4. The average Bonchev–Trinajstić information content (AvgIpc) is 2.47. The highest BCUT2D eigenvalue weighted by molar-refractivity contribution is 5.92. The first-order valence-corrected chi connectivity index (χ1v) is 7.51. The van der Waals surface area contributed by atoms with Gasteiger partial charge in [0.05, 0.1) is 0 Å². The second kappa shape index (κ2) is 8.51. The summed E-state index contributed by atoms with van der Waals surface area (Å²) in [6.45, 7) is 9.87. The van der Waals surface area contributed by atoms with E-state index >= 15 is 0 Å². The molecule has 0 fully saturated rings. The van der Waals surface area contributed by atoms with Gasteiger partial charge in [0.25, 0.3) is 5.91 Å². The summed E-state index contributed by atoms with van der Waals surface area (Å²) in [4.78, 5) is 14.2. The molecule has 0 saturated heterocycles.